The fraction of sp³-hybridized carbons (Fsp3) is 0.167. The average Bonchev–Trinajstić information content (AvgIpc) is 2.81. The standard InChI is InChI=1S/C18H17N5O/c1-11-8-14(5-4-13(11)10-19)20-18(24)21-15-6-7-16-12(2)23(3)22-17(16)9-15/h4-9H,1-3H3,(H2,20,21,24). The van der Waals surface area contributed by atoms with Crippen LogP contribution in [0.5, 0.6) is 0 Å². The van der Waals surface area contributed by atoms with Crippen LogP contribution in [-0.2, 0) is 7.05 Å². The lowest BCUT2D eigenvalue weighted by molar-refractivity contribution is 0.262. The first-order valence-corrected chi connectivity index (χ1v) is 7.50. The summed E-state index contributed by atoms with van der Waals surface area (Å²) >= 11 is 0. The van der Waals surface area contributed by atoms with Crippen molar-refractivity contribution in [1.82, 2.24) is 9.78 Å². The van der Waals surface area contributed by atoms with E-state index in [-0.39, 0.29) is 6.03 Å². The lowest BCUT2D eigenvalue weighted by Crippen LogP contribution is -2.19. The van der Waals surface area contributed by atoms with E-state index in [0.29, 0.717) is 16.9 Å². The van der Waals surface area contributed by atoms with Crippen molar-refractivity contribution in [2.45, 2.75) is 13.8 Å². The van der Waals surface area contributed by atoms with Crippen LogP contribution in [-0.4, -0.2) is 15.8 Å². The third-order valence-electron chi connectivity index (χ3n) is 3.99. The number of hydrogen-bond donors (Lipinski definition) is 2. The number of urea groups is 1. The highest BCUT2D eigenvalue weighted by Crippen LogP contribution is 2.21. The molecular weight excluding hydrogens is 302 g/mol. The maximum absolute atomic E-state index is 12.1. The van der Waals surface area contributed by atoms with Crippen LogP contribution in [0.1, 0.15) is 16.8 Å². The van der Waals surface area contributed by atoms with Gasteiger partial charge in [-0.25, -0.2) is 4.79 Å². The predicted molar refractivity (Wildman–Crippen MR) is 94.0 cm³/mol. The molecule has 120 valence electrons. The monoisotopic (exact) mass is 319 g/mol. The van der Waals surface area contributed by atoms with Gasteiger partial charge in [0.1, 0.15) is 0 Å². The normalized spacial score (nSPS) is 10.4. The van der Waals surface area contributed by atoms with Gasteiger partial charge in [0.05, 0.1) is 17.1 Å². The molecule has 0 spiro atoms. The molecule has 2 aromatic carbocycles. The van der Waals surface area contributed by atoms with Gasteiger partial charge in [-0.05, 0) is 55.8 Å². The van der Waals surface area contributed by atoms with Gasteiger partial charge in [-0.2, -0.15) is 10.4 Å². The van der Waals surface area contributed by atoms with Crippen LogP contribution in [0.3, 0.4) is 0 Å². The van der Waals surface area contributed by atoms with E-state index in [9.17, 15) is 4.79 Å². The lowest BCUT2D eigenvalue weighted by Gasteiger charge is -2.09. The number of fused-ring (bicyclic) bond motifs is 1. The summed E-state index contributed by atoms with van der Waals surface area (Å²) in [5.74, 6) is 0. The molecule has 0 saturated heterocycles. The number of nitrogens with one attached hydrogen (secondary N) is 2. The van der Waals surface area contributed by atoms with Crippen LogP contribution in [0.25, 0.3) is 10.9 Å². The highest BCUT2D eigenvalue weighted by molar-refractivity contribution is 6.01. The zero-order valence-electron chi connectivity index (χ0n) is 13.7. The molecule has 6 nitrogen and oxygen atoms in total. The number of carbonyl (C=O) groups excluding carboxylic acids is 1. The summed E-state index contributed by atoms with van der Waals surface area (Å²) in [6.45, 7) is 3.83. The number of nitriles is 1. The summed E-state index contributed by atoms with van der Waals surface area (Å²) in [6.07, 6.45) is 0. The molecule has 0 radical (unpaired) electrons. The molecule has 3 rings (SSSR count). The third kappa shape index (κ3) is 2.92. The summed E-state index contributed by atoms with van der Waals surface area (Å²) in [6, 6.07) is 12.6. The zero-order valence-corrected chi connectivity index (χ0v) is 13.7. The van der Waals surface area contributed by atoms with Gasteiger partial charge in [-0.3, -0.25) is 4.68 Å². The molecule has 24 heavy (non-hydrogen) atoms. The van der Waals surface area contributed by atoms with Gasteiger partial charge in [0.15, 0.2) is 0 Å². The first-order chi connectivity index (χ1) is 11.5. The Morgan fingerprint density at radius 2 is 1.79 bits per heavy atom. The van der Waals surface area contributed by atoms with Crippen molar-refractivity contribution in [1.29, 1.82) is 5.26 Å². The maximum atomic E-state index is 12.1. The van der Waals surface area contributed by atoms with Crippen molar-refractivity contribution < 1.29 is 4.79 Å². The van der Waals surface area contributed by atoms with Gasteiger partial charge in [0, 0.05) is 29.5 Å². The molecule has 0 fully saturated rings. The van der Waals surface area contributed by atoms with Crippen LogP contribution in [0.2, 0.25) is 0 Å². The zero-order chi connectivity index (χ0) is 17.3. The smallest absolute Gasteiger partial charge is 0.308 e. The first kappa shape index (κ1) is 15.6. The Balaban J connectivity index is 1.75. The van der Waals surface area contributed by atoms with Crippen molar-refractivity contribution in [3.63, 3.8) is 0 Å². The lowest BCUT2D eigenvalue weighted by atomic mass is 10.1. The Kier molecular flexibility index (Phi) is 3.92. The van der Waals surface area contributed by atoms with E-state index in [1.165, 1.54) is 0 Å². The van der Waals surface area contributed by atoms with Crippen LogP contribution in [0.15, 0.2) is 36.4 Å². The highest BCUT2D eigenvalue weighted by Gasteiger charge is 2.08. The molecule has 0 aliphatic carbocycles. The fourth-order valence-corrected chi connectivity index (χ4v) is 2.57. The van der Waals surface area contributed by atoms with E-state index in [1.807, 2.05) is 43.8 Å². The van der Waals surface area contributed by atoms with Gasteiger partial charge in [-0.15, -0.1) is 0 Å². The van der Waals surface area contributed by atoms with Gasteiger partial charge < -0.3 is 10.6 Å². The first-order valence-electron chi connectivity index (χ1n) is 7.50. The van der Waals surface area contributed by atoms with Crippen molar-refractivity contribution in [3.05, 3.63) is 53.2 Å². The number of carbonyl (C=O) groups is 1. The molecule has 0 aliphatic heterocycles. The van der Waals surface area contributed by atoms with Gasteiger partial charge in [-0.1, -0.05) is 0 Å². The van der Waals surface area contributed by atoms with Crippen molar-refractivity contribution in [2.24, 2.45) is 7.05 Å². The van der Waals surface area contributed by atoms with Crippen molar-refractivity contribution in [3.8, 4) is 6.07 Å². The quantitative estimate of drug-likeness (QED) is 0.755. The van der Waals surface area contributed by atoms with Crippen molar-refractivity contribution in [2.75, 3.05) is 10.6 Å². The Morgan fingerprint density at radius 3 is 2.46 bits per heavy atom. The van der Waals surface area contributed by atoms with Crippen LogP contribution in [0, 0.1) is 25.2 Å². The molecule has 1 aromatic heterocycles. The molecule has 2 N–H and O–H groups in total. The van der Waals surface area contributed by atoms with E-state index in [2.05, 4.69) is 21.8 Å². The number of hydrogen-bond acceptors (Lipinski definition) is 3. The molecule has 3 aromatic rings. The number of anilines is 2. The summed E-state index contributed by atoms with van der Waals surface area (Å²) < 4.78 is 1.81. The number of rotatable bonds is 2. The molecule has 0 bridgehead atoms. The Morgan fingerprint density at radius 1 is 1.12 bits per heavy atom. The van der Waals surface area contributed by atoms with Gasteiger partial charge in [0.25, 0.3) is 0 Å². The summed E-state index contributed by atoms with van der Waals surface area (Å²) in [4.78, 5) is 12.1. The Labute approximate surface area is 139 Å². The number of nitrogens with zero attached hydrogens (tertiary/aromatic N) is 3. The van der Waals surface area contributed by atoms with Crippen molar-refractivity contribution >= 4 is 28.3 Å². The Hall–Kier alpha value is -3.33. The maximum Gasteiger partial charge on any atom is 0.323 e. The molecule has 6 heteroatoms. The summed E-state index contributed by atoms with van der Waals surface area (Å²) in [7, 11) is 1.89. The molecule has 0 aliphatic rings. The minimum atomic E-state index is -0.342. The predicted octanol–water partition coefficient (Wildman–Crippen LogP) is 3.71. The summed E-state index contributed by atoms with van der Waals surface area (Å²) in [5.41, 5.74) is 4.64. The van der Waals surface area contributed by atoms with E-state index in [4.69, 9.17) is 5.26 Å². The van der Waals surface area contributed by atoms with Crippen LogP contribution >= 0.6 is 0 Å². The molecule has 0 unspecified atom stereocenters. The second-order valence-corrected chi connectivity index (χ2v) is 5.66. The number of aryl methyl sites for hydroxylation is 3. The number of aromatic nitrogens is 2. The highest BCUT2D eigenvalue weighted by atomic mass is 16.2. The fourth-order valence-electron chi connectivity index (χ4n) is 2.57. The molecule has 1 heterocycles. The number of benzene rings is 2. The van der Waals surface area contributed by atoms with Gasteiger partial charge in [0.2, 0.25) is 0 Å². The topological polar surface area (TPSA) is 82.7 Å². The average molecular weight is 319 g/mol. The third-order valence-corrected chi connectivity index (χ3v) is 3.99. The molecule has 0 saturated carbocycles. The second-order valence-electron chi connectivity index (χ2n) is 5.66. The number of amides is 2. The van der Waals surface area contributed by atoms with E-state index in [1.54, 1.807) is 18.2 Å². The SMILES string of the molecule is Cc1cc(NC(=O)Nc2ccc3c(C)n(C)nc3c2)ccc1C#N. The van der Waals surface area contributed by atoms with Crippen LogP contribution in [0.4, 0.5) is 16.2 Å². The van der Waals surface area contributed by atoms with Gasteiger partial charge >= 0.3 is 6.03 Å². The van der Waals surface area contributed by atoms with E-state index >= 15 is 0 Å². The molecular formula is C18H17N5O. The summed E-state index contributed by atoms with van der Waals surface area (Å²) in [5, 5.41) is 20.0. The van der Waals surface area contributed by atoms with E-state index in [0.717, 1.165) is 22.2 Å². The molecule has 0 atom stereocenters. The minimum absolute atomic E-state index is 0.342. The minimum Gasteiger partial charge on any atom is -0.308 e. The Bertz CT molecular complexity index is 981. The second kappa shape index (κ2) is 6.05. The van der Waals surface area contributed by atoms with Crippen LogP contribution < -0.4 is 10.6 Å². The molecule has 2 amide bonds. The largest absolute Gasteiger partial charge is 0.323 e. The van der Waals surface area contributed by atoms with E-state index < -0.39 is 0 Å².